The van der Waals surface area contributed by atoms with E-state index in [1.54, 1.807) is 12.1 Å². The van der Waals surface area contributed by atoms with Gasteiger partial charge in [0, 0.05) is 5.69 Å². The van der Waals surface area contributed by atoms with E-state index in [1.165, 1.54) is 28.8 Å². The van der Waals surface area contributed by atoms with Crippen LogP contribution in [0.25, 0.3) is 16.7 Å². The summed E-state index contributed by atoms with van der Waals surface area (Å²) in [5, 5.41) is 3.13. The molecule has 0 aliphatic rings. The molecule has 2 N–H and O–H groups in total. The lowest BCUT2D eigenvalue weighted by Gasteiger charge is -2.12. The number of nitrogens with zero attached hydrogens (tertiary/aromatic N) is 2. The molecule has 7 nitrogen and oxygen atoms in total. The van der Waals surface area contributed by atoms with Crippen LogP contribution in [0.5, 0.6) is 0 Å². The molecule has 0 saturated carbocycles. The van der Waals surface area contributed by atoms with E-state index in [-0.39, 0.29) is 23.8 Å². The number of aryl methyl sites for hydroxylation is 2. The first-order valence-corrected chi connectivity index (χ1v) is 10.2. The molecule has 0 aliphatic heterocycles. The molecule has 0 unspecified atom stereocenters. The number of H-pyrrole nitrogens is 1. The number of carbonyl (C=O) groups excluding carboxylic acids is 1. The number of carbonyl (C=O) groups is 1. The standard InChI is InChI=1S/C21H19FN4O3S/c1-12-9-17-19(24-12)20(28)26(15-6-4-14(22)5-7-15)21(25-17)30-11-18(27)23-10-16-8-3-13(2)29-16/h3-9,24H,10-11H2,1-2H3,(H,23,27). The zero-order chi connectivity index (χ0) is 21.3. The summed E-state index contributed by atoms with van der Waals surface area (Å²) in [7, 11) is 0. The van der Waals surface area contributed by atoms with Gasteiger partial charge in [-0.15, -0.1) is 0 Å². The fraction of sp³-hybridized carbons (Fsp3) is 0.190. The predicted molar refractivity (Wildman–Crippen MR) is 112 cm³/mol. The summed E-state index contributed by atoms with van der Waals surface area (Å²) >= 11 is 1.13. The molecular weight excluding hydrogens is 407 g/mol. The molecule has 0 saturated heterocycles. The molecule has 0 atom stereocenters. The Morgan fingerprint density at radius 3 is 2.70 bits per heavy atom. The molecule has 0 spiro atoms. The van der Waals surface area contributed by atoms with Gasteiger partial charge < -0.3 is 14.7 Å². The molecule has 3 heterocycles. The number of fused-ring (bicyclic) bond motifs is 1. The van der Waals surface area contributed by atoms with Crippen LogP contribution in [0.3, 0.4) is 0 Å². The van der Waals surface area contributed by atoms with Crippen LogP contribution in [-0.4, -0.2) is 26.2 Å². The Morgan fingerprint density at radius 1 is 1.23 bits per heavy atom. The maximum atomic E-state index is 13.4. The number of halogens is 1. The van der Waals surface area contributed by atoms with E-state index in [0.717, 1.165) is 23.2 Å². The molecular formula is C21H19FN4O3S. The van der Waals surface area contributed by atoms with Crippen LogP contribution in [0, 0.1) is 19.7 Å². The molecule has 0 bridgehead atoms. The van der Waals surface area contributed by atoms with E-state index in [1.807, 2.05) is 19.9 Å². The van der Waals surface area contributed by atoms with Gasteiger partial charge in [-0.25, -0.2) is 9.37 Å². The minimum atomic E-state index is -0.404. The number of benzene rings is 1. The van der Waals surface area contributed by atoms with Crippen molar-refractivity contribution in [3.05, 3.63) is 75.9 Å². The number of hydrogen-bond donors (Lipinski definition) is 2. The Hall–Kier alpha value is -3.33. The molecule has 0 aliphatic carbocycles. The van der Waals surface area contributed by atoms with Crippen LogP contribution in [0.2, 0.25) is 0 Å². The van der Waals surface area contributed by atoms with Crippen LogP contribution in [0.4, 0.5) is 4.39 Å². The number of hydrogen-bond acceptors (Lipinski definition) is 5. The van der Waals surface area contributed by atoms with Crippen LogP contribution < -0.4 is 10.9 Å². The Labute approximate surface area is 175 Å². The minimum Gasteiger partial charge on any atom is -0.465 e. The Morgan fingerprint density at radius 2 is 2.00 bits per heavy atom. The average Bonchev–Trinajstić information content (AvgIpc) is 3.30. The molecule has 1 aromatic carbocycles. The van der Waals surface area contributed by atoms with Gasteiger partial charge in [0.05, 0.1) is 23.5 Å². The lowest BCUT2D eigenvalue weighted by Crippen LogP contribution is -2.26. The second-order valence-electron chi connectivity index (χ2n) is 6.80. The molecule has 4 rings (SSSR count). The Bertz CT molecular complexity index is 1270. The maximum Gasteiger partial charge on any atom is 0.283 e. The molecule has 30 heavy (non-hydrogen) atoms. The first-order chi connectivity index (χ1) is 14.4. The monoisotopic (exact) mass is 426 g/mol. The third kappa shape index (κ3) is 4.16. The van der Waals surface area contributed by atoms with Crippen LogP contribution in [0.15, 0.2) is 56.8 Å². The van der Waals surface area contributed by atoms with Crippen molar-refractivity contribution in [2.45, 2.75) is 25.5 Å². The van der Waals surface area contributed by atoms with Crippen LogP contribution in [0.1, 0.15) is 17.2 Å². The van der Waals surface area contributed by atoms with Crippen LogP contribution in [-0.2, 0) is 11.3 Å². The third-order valence-corrected chi connectivity index (χ3v) is 5.37. The van der Waals surface area contributed by atoms with Crippen molar-refractivity contribution in [3.8, 4) is 5.69 Å². The zero-order valence-electron chi connectivity index (χ0n) is 16.4. The number of amides is 1. The van der Waals surface area contributed by atoms with Gasteiger partial charge in [0.1, 0.15) is 22.9 Å². The highest BCUT2D eigenvalue weighted by Crippen LogP contribution is 2.22. The Kier molecular flexibility index (Phi) is 5.45. The molecule has 0 fully saturated rings. The highest BCUT2D eigenvalue weighted by atomic mass is 32.2. The number of aromatic nitrogens is 3. The van der Waals surface area contributed by atoms with Gasteiger partial charge in [-0.3, -0.25) is 14.2 Å². The van der Waals surface area contributed by atoms with Crippen molar-refractivity contribution < 1.29 is 13.6 Å². The summed E-state index contributed by atoms with van der Waals surface area (Å²) in [5.41, 5.74) is 1.84. The average molecular weight is 426 g/mol. The second kappa shape index (κ2) is 8.19. The minimum absolute atomic E-state index is 0.0578. The largest absolute Gasteiger partial charge is 0.465 e. The van der Waals surface area contributed by atoms with Crippen molar-refractivity contribution in [1.29, 1.82) is 0 Å². The highest BCUT2D eigenvalue weighted by molar-refractivity contribution is 7.99. The quantitative estimate of drug-likeness (QED) is 0.364. The van der Waals surface area contributed by atoms with Crippen LogP contribution >= 0.6 is 11.8 Å². The lowest BCUT2D eigenvalue weighted by atomic mass is 10.3. The van der Waals surface area contributed by atoms with Gasteiger partial charge in [0.2, 0.25) is 5.91 Å². The van der Waals surface area contributed by atoms with Gasteiger partial charge in [-0.1, -0.05) is 11.8 Å². The number of thioether (sulfide) groups is 1. The smallest absolute Gasteiger partial charge is 0.283 e. The van der Waals surface area contributed by atoms with Crippen molar-refractivity contribution in [2.24, 2.45) is 0 Å². The number of nitrogens with one attached hydrogen (secondary N) is 2. The van der Waals surface area contributed by atoms with Crippen molar-refractivity contribution in [2.75, 3.05) is 5.75 Å². The van der Waals surface area contributed by atoms with Gasteiger partial charge in [0.15, 0.2) is 5.16 Å². The summed E-state index contributed by atoms with van der Waals surface area (Å²) < 4.78 is 20.2. The topological polar surface area (TPSA) is 92.9 Å². The van der Waals surface area contributed by atoms with Gasteiger partial charge in [0.25, 0.3) is 5.56 Å². The number of rotatable bonds is 6. The molecule has 9 heteroatoms. The molecule has 0 radical (unpaired) electrons. The van der Waals surface area contributed by atoms with Gasteiger partial charge in [-0.05, 0) is 56.3 Å². The summed E-state index contributed by atoms with van der Waals surface area (Å²) in [6.07, 6.45) is 0. The molecule has 4 aromatic rings. The summed E-state index contributed by atoms with van der Waals surface area (Å²) in [4.78, 5) is 32.9. The zero-order valence-corrected chi connectivity index (χ0v) is 17.2. The summed E-state index contributed by atoms with van der Waals surface area (Å²) in [6, 6.07) is 11.0. The fourth-order valence-electron chi connectivity index (χ4n) is 3.04. The molecule has 1 amide bonds. The van der Waals surface area contributed by atoms with Gasteiger partial charge >= 0.3 is 0 Å². The second-order valence-corrected chi connectivity index (χ2v) is 7.74. The maximum absolute atomic E-state index is 13.4. The van der Waals surface area contributed by atoms with E-state index < -0.39 is 5.82 Å². The SMILES string of the molecule is Cc1cc2nc(SCC(=O)NCc3ccc(C)o3)n(-c3ccc(F)cc3)c(=O)c2[nH]1. The number of furan rings is 1. The lowest BCUT2D eigenvalue weighted by molar-refractivity contribution is -0.118. The van der Waals surface area contributed by atoms with E-state index in [0.29, 0.717) is 27.6 Å². The molecule has 3 aromatic heterocycles. The van der Waals surface area contributed by atoms with Crippen molar-refractivity contribution >= 4 is 28.7 Å². The highest BCUT2D eigenvalue weighted by Gasteiger charge is 2.16. The molecule has 154 valence electrons. The number of aromatic amines is 1. The predicted octanol–water partition coefficient (Wildman–Crippen LogP) is 3.47. The first kappa shape index (κ1) is 20.0. The fourth-order valence-corrected chi connectivity index (χ4v) is 3.88. The van der Waals surface area contributed by atoms with E-state index in [4.69, 9.17) is 4.42 Å². The first-order valence-electron chi connectivity index (χ1n) is 9.24. The summed E-state index contributed by atoms with van der Waals surface area (Å²) in [6.45, 7) is 3.95. The van der Waals surface area contributed by atoms with Crippen molar-refractivity contribution in [3.63, 3.8) is 0 Å². The normalized spacial score (nSPS) is 11.2. The van der Waals surface area contributed by atoms with E-state index >= 15 is 0 Å². The van der Waals surface area contributed by atoms with Crippen molar-refractivity contribution in [1.82, 2.24) is 19.9 Å². The van der Waals surface area contributed by atoms with E-state index in [9.17, 15) is 14.0 Å². The summed E-state index contributed by atoms with van der Waals surface area (Å²) in [5.74, 6) is 0.868. The van der Waals surface area contributed by atoms with Gasteiger partial charge in [-0.2, -0.15) is 0 Å². The Balaban J connectivity index is 1.60. The third-order valence-electron chi connectivity index (χ3n) is 4.43. The van der Waals surface area contributed by atoms with E-state index in [2.05, 4.69) is 15.3 Å².